The molecule has 0 aliphatic carbocycles. The molecule has 6 nitrogen and oxygen atoms in total. The van der Waals surface area contributed by atoms with E-state index in [-0.39, 0.29) is 5.28 Å². The Hall–Kier alpha value is -3.12. The van der Waals surface area contributed by atoms with Crippen LogP contribution in [0.25, 0.3) is 22.0 Å². The normalized spacial score (nSPS) is 10.9. The van der Waals surface area contributed by atoms with Crippen molar-refractivity contribution in [3.8, 4) is 16.9 Å². The highest BCUT2D eigenvalue weighted by molar-refractivity contribution is 6.28. The smallest absolute Gasteiger partial charge is 0.224 e. The second-order valence-electron chi connectivity index (χ2n) is 6.06. The van der Waals surface area contributed by atoms with Crippen molar-refractivity contribution in [1.82, 2.24) is 20.2 Å². The molecule has 0 spiro atoms. The van der Waals surface area contributed by atoms with Crippen LogP contribution in [0.1, 0.15) is 13.3 Å². The Morgan fingerprint density at radius 2 is 1.93 bits per heavy atom. The summed E-state index contributed by atoms with van der Waals surface area (Å²) in [6.07, 6.45) is 4.60. The first-order valence-corrected chi connectivity index (χ1v) is 9.07. The van der Waals surface area contributed by atoms with E-state index in [0.29, 0.717) is 12.4 Å². The number of nitrogens with zero attached hydrogens (tertiary/aromatic N) is 3. The predicted molar refractivity (Wildman–Crippen MR) is 108 cm³/mol. The van der Waals surface area contributed by atoms with E-state index in [1.807, 2.05) is 48.7 Å². The van der Waals surface area contributed by atoms with E-state index in [1.54, 1.807) is 6.20 Å². The molecule has 2 aromatic heterocycles. The van der Waals surface area contributed by atoms with Gasteiger partial charge in [0.25, 0.3) is 0 Å². The van der Waals surface area contributed by atoms with Crippen molar-refractivity contribution in [1.29, 1.82) is 0 Å². The zero-order valence-electron chi connectivity index (χ0n) is 14.7. The van der Waals surface area contributed by atoms with Crippen molar-refractivity contribution in [3.63, 3.8) is 0 Å². The fourth-order valence-electron chi connectivity index (χ4n) is 2.78. The van der Waals surface area contributed by atoms with E-state index in [1.165, 1.54) is 0 Å². The average Bonchev–Trinajstić information content (AvgIpc) is 3.22. The van der Waals surface area contributed by atoms with E-state index in [0.717, 1.165) is 39.9 Å². The van der Waals surface area contributed by atoms with E-state index in [4.69, 9.17) is 16.3 Å². The lowest BCUT2D eigenvalue weighted by Crippen LogP contribution is -1.99. The number of aromatic nitrogens is 4. The summed E-state index contributed by atoms with van der Waals surface area (Å²) in [4.78, 5) is 8.66. The van der Waals surface area contributed by atoms with Gasteiger partial charge >= 0.3 is 0 Å². The number of nitrogens with one attached hydrogen (secondary N) is 2. The maximum Gasteiger partial charge on any atom is 0.224 e. The first-order chi connectivity index (χ1) is 13.2. The van der Waals surface area contributed by atoms with Crippen molar-refractivity contribution >= 4 is 34.0 Å². The molecule has 27 heavy (non-hydrogen) atoms. The third kappa shape index (κ3) is 3.85. The Balaban J connectivity index is 1.65. The van der Waals surface area contributed by atoms with Gasteiger partial charge in [0.15, 0.2) is 0 Å². The molecule has 0 saturated heterocycles. The summed E-state index contributed by atoms with van der Waals surface area (Å²) in [5.41, 5.74) is 3.78. The van der Waals surface area contributed by atoms with Crippen molar-refractivity contribution < 1.29 is 4.74 Å². The molecule has 2 aromatic carbocycles. The second-order valence-corrected chi connectivity index (χ2v) is 6.40. The van der Waals surface area contributed by atoms with Gasteiger partial charge in [-0.2, -0.15) is 10.1 Å². The lowest BCUT2D eigenvalue weighted by molar-refractivity contribution is 0.318. The van der Waals surface area contributed by atoms with Gasteiger partial charge in [-0.25, -0.2) is 4.98 Å². The standard InChI is InChI=1S/C20H18ClN5O/c1-2-9-27-16-7-8-18-17(10-16)19(26-20(21)25-18)24-15-5-3-13(4-6-15)14-11-22-23-12-14/h3-8,10-12H,2,9H2,1H3,(H,22,23)(H,24,25,26). The molecule has 136 valence electrons. The maximum atomic E-state index is 6.10. The molecule has 0 fully saturated rings. The summed E-state index contributed by atoms with van der Waals surface area (Å²) >= 11 is 6.10. The average molecular weight is 380 g/mol. The Kier molecular flexibility index (Phi) is 4.89. The van der Waals surface area contributed by atoms with Crippen LogP contribution in [0.5, 0.6) is 5.75 Å². The lowest BCUT2D eigenvalue weighted by Gasteiger charge is -2.11. The van der Waals surface area contributed by atoms with Gasteiger partial charge in [-0.05, 0) is 53.9 Å². The molecule has 2 heterocycles. The summed E-state index contributed by atoms with van der Waals surface area (Å²) in [5.74, 6) is 1.43. The Morgan fingerprint density at radius 1 is 1.07 bits per heavy atom. The van der Waals surface area contributed by atoms with Gasteiger partial charge in [0.1, 0.15) is 11.6 Å². The summed E-state index contributed by atoms with van der Waals surface area (Å²) < 4.78 is 5.73. The van der Waals surface area contributed by atoms with E-state index >= 15 is 0 Å². The van der Waals surface area contributed by atoms with Gasteiger partial charge in [0, 0.05) is 22.8 Å². The van der Waals surface area contributed by atoms with Gasteiger partial charge < -0.3 is 10.1 Å². The van der Waals surface area contributed by atoms with E-state index in [2.05, 4.69) is 32.4 Å². The zero-order valence-corrected chi connectivity index (χ0v) is 15.5. The molecule has 2 N–H and O–H groups in total. The second kappa shape index (κ2) is 7.63. The van der Waals surface area contributed by atoms with Crippen LogP contribution in [0.15, 0.2) is 54.9 Å². The van der Waals surface area contributed by atoms with Gasteiger partial charge in [-0.1, -0.05) is 19.1 Å². The molecule has 4 aromatic rings. The third-order valence-corrected chi connectivity index (χ3v) is 4.26. The number of anilines is 2. The molecule has 0 atom stereocenters. The molecular weight excluding hydrogens is 362 g/mol. The van der Waals surface area contributed by atoms with Crippen molar-refractivity contribution in [3.05, 3.63) is 60.1 Å². The Labute approximate surface area is 161 Å². The molecule has 7 heteroatoms. The van der Waals surface area contributed by atoms with Crippen LogP contribution >= 0.6 is 11.6 Å². The molecule has 4 rings (SSSR count). The lowest BCUT2D eigenvalue weighted by atomic mass is 10.1. The van der Waals surface area contributed by atoms with Crippen LogP contribution in [0.2, 0.25) is 5.28 Å². The molecule has 0 aliphatic rings. The largest absolute Gasteiger partial charge is 0.494 e. The number of hydrogen-bond donors (Lipinski definition) is 2. The number of aromatic amines is 1. The van der Waals surface area contributed by atoms with Crippen LogP contribution < -0.4 is 10.1 Å². The molecule has 0 saturated carbocycles. The van der Waals surface area contributed by atoms with E-state index in [9.17, 15) is 0 Å². The molecule has 0 aliphatic heterocycles. The van der Waals surface area contributed by atoms with Gasteiger partial charge in [-0.3, -0.25) is 5.10 Å². The summed E-state index contributed by atoms with van der Waals surface area (Å²) in [6.45, 7) is 2.74. The Morgan fingerprint density at radius 3 is 2.67 bits per heavy atom. The minimum atomic E-state index is 0.197. The molecular formula is C20H18ClN5O. The Bertz CT molecular complexity index is 1050. The minimum Gasteiger partial charge on any atom is -0.494 e. The highest BCUT2D eigenvalue weighted by Gasteiger charge is 2.09. The highest BCUT2D eigenvalue weighted by Crippen LogP contribution is 2.29. The van der Waals surface area contributed by atoms with E-state index < -0.39 is 0 Å². The summed E-state index contributed by atoms with van der Waals surface area (Å²) in [5, 5.41) is 11.2. The van der Waals surface area contributed by atoms with Crippen LogP contribution in [0.4, 0.5) is 11.5 Å². The summed E-state index contributed by atoms with van der Waals surface area (Å²) in [6, 6.07) is 13.7. The quantitative estimate of drug-likeness (QED) is 0.450. The topological polar surface area (TPSA) is 75.7 Å². The zero-order chi connectivity index (χ0) is 18.6. The number of rotatable bonds is 6. The molecule has 0 amide bonds. The monoisotopic (exact) mass is 379 g/mol. The molecule has 0 bridgehead atoms. The highest BCUT2D eigenvalue weighted by atomic mass is 35.5. The number of benzene rings is 2. The van der Waals surface area contributed by atoms with Crippen molar-refractivity contribution in [2.45, 2.75) is 13.3 Å². The minimum absolute atomic E-state index is 0.197. The summed E-state index contributed by atoms with van der Waals surface area (Å²) in [7, 11) is 0. The fraction of sp³-hybridized carbons (Fsp3) is 0.150. The number of halogens is 1. The van der Waals surface area contributed by atoms with Crippen LogP contribution in [0.3, 0.4) is 0 Å². The number of hydrogen-bond acceptors (Lipinski definition) is 5. The van der Waals surface area contributed by atoms with Crippen molar-refractivity contribution in [2.24, 2.45) is 0 Å². The van der Waals surface area contributed by atoms with Crippen molar-refractivity contribution in [2.75, 3.05) is 11.9 Å². The van der Waals surface area contributed by atoms with Crippen LogP contribution in [-0.2, 0) is 0 Å². The number of fused-ring (bicyclic) bond motifs is 1. The van der Waals surface area contributed by atoms with Crippen LogP contribution in [0, 0.1) is 0 Å². The number of H-pyrrole nitrogens is 1. The fourth-order valence-corrected chi connectivity index (χ4v) is 2.95. The van der Waals surface area contributed by atoms with Crippen LogP contribution in [-0.4, -0.2) is 26.8 Å². The SMILES string of the molecule is CCCOc1ccc2nc(Cl)nc(Nc3ccc(-c4cn[nH]c4)cc3)c2c1. The predicted octanol–water partition coefficient (Wildman–Crippen LogP) is 5.21. The third-order valence-electron chi connectivity index (χ3n) is 4.09. The first kappa shape index (κ1) is 17.3. The van der Waals surface area contributed by atoms with Gasteiger partial charge in [0.05, 0.1) is 18.3 Å². The van der Waals surface area contributed by atoms with Gasteiger partial charge in [0.2, 0.25) is 5.28 Å². The first-order valence-electron chi connectivity index (χ1n) is 8.69. The molecule has 0 radical (unpaired) electrons. The van der Waals surface area contributed by atoms with Gasteiger partial charge in [-0.15, -0.1) is 0 Å². The number of ether oxygens (including phenoxy) is 1. The maximum absolute atomic E-state index is 6.10. The molecule has 0 unspecified atom stereocenters.